The van der Waals surface area contributed by atoms with E-state index in [9.17, 15) is 4.79 Å². The first-order valence-electron chi connectivity index (χ1n) is 4.70. The molecule has 0 aliphatic carbocycles. The van der Waals surface area contributed by atoms with Gasteiger partial charge in [0.15, 0.2) is 5.76 Å². The summed E-state index contributed by atoms with van der Waals surface area (Å²) in [6.45, 7) is 8.01. The summed E-state index contributed by atoms with van der Waals surface area (Å²) in [5.74, 6) is 0.175. The second-order valence-corrected chi connectivity index (χ2v) is 4.94. The molecule has 1 heterocycles. The lowest BCUT2D eigenvalue weighted by molar-refractivity contribution is 0.0513. The highest BCUT2D eigenvalue weighted by atomic mass is 79.9. The second kappa shape index (κ2) is 4.35. The number of ether oxygens (including phenoxy) is 1. The van der Waals surface area contributed by atoms with Gasteiger partial charge in [0, 0.05) is 5.41 Å². The van der Waals surface area contributed by atoms with Crippen LogP contribution in [-0.4, -0.2) is 17.7 Å². The number of esters is 1. The predicted octanol–water partition coefficient (Wildman–Crippen LogP) is 2.91. The Labute approximate surface area is 97.1 Å². The third-order valence-corrected chi connectivity index (χ3v) is 2.52. The van der Waals surface area contributed by atoms with Gasteiger partial charge in [0.05, 0.1) is 11.1 Å². The van der Waals surface area contributed by atoms with Crippen molar-refractivity contribution >= 4 is 21.9 Å². The standard InChI is InChI=1S/C10H14BrNO3/c1-5-14-9(13)7-6(11)8(15-12-7)10(2,3)4/h5H2,1-4H3. The van der Waals surface area contributed by atoms with Gasteiger partial charge in [-0.1, -0.05) is 25.9 Å². The maximum Gasteiger partial charge on any atom is 0.361 e. The van der Waals surface area contributed by atoms with Gasteiger partial charge in [-0.2, -0.15) is 0 Å². The monoisotopic (exact) mass is 275 g/mol. The van der Waals surface area contributed by atoms with Crippen LogP contribution >= 0.6 is 15.9 Å². The van der Waals surface area contributed by atoms with Gasteiger partial charge in [-0.25, -0.2) is 4.79 Å². The lowest BCUT2D eigenvalue weighted by Crippen LogP contribution is -2.11. The Bertz CT molecular complexity index is 365. The minimum atomic E-state index is -0.469. The smallest absolute Gasteiger partial charge is 0.361 e. The maximum atomic E-state index is 11.4. The maximum absolute atomic E-state index is 11.4. The molecule has 0 fully saturated rings. The number of nitrogens with zero attached hydrogens (tertiary/aromatic N) is 1. The first kappa shape index (κ1) is 12.2. The molecule has 0 saturated heterocycles. The van der Waals surface area contributed by atoms with Gasteiger partial charge in [0.25, 0.3) is 0 Å². The molecule has 0 unspecified atom stereocenters. The van der Waals surface area contributed by atoms with Gasteiger partial charge in [-0.3, -0.25) is 0 Å². The molecule has 15 heavy (non-hydrogen) atoms. The fraction of sp³-hybridized carbons (Fsp3) is 0.600. The van der Waals surface area contributed by atoms with E-state index in [1.165, 1.54) is 0 Å². The summed E-state index contributed by atoms with van der Waals surface area (Å²) in [6.07, 6.45) is 0. The van der Waals surface area contributed by atoms with E-state index < -0.39 is 5.97 Å². The van der Waals surface area contributed by atoms with Crippen LogP contribution in [0.3, 0.4) is 0 Å². The van der Waals surface area contributed by atoms with E-state index in [1.807, 2.05) is 20.8 Å². The number of rotatable bonds is 2. The molecule has 0 aliphatic rings. The SMILES string of the molecule is CCOC(=O)c1noc(C(C)(C)C)c1Br. The van der Waals surface area contributed by atoms with Gasteiger partial charge in [0.1, 0.15) is 0 Å². The van der Waals surface area contributed by atoms with Crippen molar-refractivity contribution in [3.8, 4) is 0 Å². The van der Waals surface area contributed by atoms with Crippen LogP contribution in [-0.2, 0) is 10.2 Å². The number of carbonyl (C=O) groups excluding carboxylic acids is 1. The van der Waals surface area contributed by atoms with Crippen molar-refractivity contribution in [2.45, 2.75) is 33.1 Å². The summed E-state index contributed by atoms with van der Waals surface area (Å²) in [5, 5.41) is 3.70. The number of hydrogen-bond acceptors (Lipinski definition) is 4. The van der Waals surface area contributed by atoms with Crippen LogP contribution in [0.25, 0.3) is 0 Å². The Morgan fingerprint density at radius 2 is 2.13 bits per heavy atom. The van der Waals surface area contributed by atoms with E-state index in [1.54, 1.807) is 6.92 Å². The van der Waals surface area contributed by atoms with Gasteiger partial charge in [0.2, 0.25) is 5.69 Å². The zero-order chi connectivity index (χ0) is 11.6. The molecule has 4 nitrogen and oxygen atoms in total. The molecule has 0 bridgehead atoms. The molecule has 0 spiro atoms. The summed E-state index contributed by atoms with van der Waals surface area (Å²) in [7, 11) is 0. The zero-order valence-corrected chi connectivity index (χ0v) is 10.8. The van der Waals surface area contributed by atoms with E-state index in [4.69, 9.17) is 9.26 Å². The second-order valence-electron chi connectivity index (χ2n) is 4.14. The van der Waals surface area contributed by atoms with Gasteiger partial charge < -0.3 is 9.26 Å². The fourth-order valence-corrected chi connectivity index (χ4v) is 1.97. The van der Waals surface area contributed by atoms with Crippen LogP contribution in [0.5, 0.6) is 0 Å². The van der Waals surface area contributed by atoms with Crippen molar-refractivity contribution in [2.75, 3.05) is 6.61 Å². The average Bonchev–Trinajstić information content (AvgIpc) is 2.46. The highest BCUT2D eigenvalue weighted by Crippen LogP contribution is 2.32. The number of aromatic nitrogens is 1. The van der Waals surface area contributed by atoms with Crippen molar-refractivity contribution in [3.05, 3.63) is 15.9 Å². The highest BCUT2D eigenvalue weighted by Gasteiger charge is 2.28. The highest BCUT2D eigenvalue weighted by molar-refractivity contribution is 9.10. The Morgan fingerprint density at radius 1 is 1.53 bits per heavy atom. The molecule has 0 amide bonds. The van der Waals surface area contributed by atoms with E-state index in [-0.39, 0.29) is 11.1 Å². The topological polar surface area (TPSA) is 52.3 Å². The first-order chi connectivity index (χ1) is 6.88. The van der Waals surface area contributed by atoms with Crippen LogP contribution in [0.1, 0.15) is 43.9 Å². The Hall–Kier alpha value is -0.840. The van der Waals surface area contributed by atoms with Crippen LogP contribution in [0.4, 0.5) is 0 Å². The van der Waals surface area contributed by atoms with Crippen molar-refractivity contribution in [1.82, 2.24) is 5.16 Å². The van der Waals surface area contributed by atoms with Crippen LogP contribution in [0.2, 0.25) is 0 Å². The van der Waals surface area contributed by atoms with Crippen LogP contribution in [0, 0.1) is 0 Å². The van der Waals surface area contributed by atoms with E-state index in [0.717, 1.165) is 0 Å². The molecule has 0 radical (unpaired) electrons. The van der Waals surface area contributed by atoms with Gasteiger partial charge in [-0.05, 0) is 22.9 Å². The zero-order valence-electron chi connectivity index (χ0n) is 9.26. The average molecular weight is 276 g/mol. The number of hydrogen-bond donors (Lipinski definition) is 0. The van der Waals surface area contributed by atoms with Crippen LogP contribution in [0.15, 0.2) is 9.00 Å². The summed E-state index contributed by atoms with van der Waals surface area (Å²) in [4.78, 5) is 11.4. The minimum absolute atomic E-state index is 0.196. The third-order valence-electron chi connectivity index (χ3n) is 1.79. The summed E-state index contributed by atoms with van der Waals surface area (Å²) in [5.41, 5.74) is -0.00175. The largest absolute Gasteiger partial charge is 0.461 e. The van der Waals surface area contributed by atoms with Crippen LogP contribution < -0.4 is 0 Å². The van der Waals surface area contributed by atoms with Crippen molar-refractivity contribution in [2.24, 2.45) is 0 Å². The summed E-state index contributed by atoms with van der Waals surface area (Å²) in [6, 6.07) is 0. The molecule has 0 aliphatic heterocycles. The molecule has 1 aromatic heterocycles. The van der Waals surface area contributed by atoms with E-state index >= 15 is 0 Å². The number of halogens is 1. The summed E-state index contributed by atoms with van der Waals surface area (Å²) < 4.78 is 10.6. The molecule has 1 rings (SSSR count). The van der Waals surface area contributed by atoms with Crippen molar-refractivity contribution in [1.29, 1.82) is 0 Å². The van der Waals surface area contributed by atoms with E-state index in [2.05, 4.69) is 21.1 Å². The molecule has 5 heteroatoms. The molecule has 0 aromatic carbocycles. The Morgan fingerprint density at radius 3 is 2.53 bits per heavy atom. The van der Waals surface area contributed by atoms with E-state index in [0.29, 0.717) is 16.8 Å². The van der Waals surface area contributed by atoms with Crippen molar-refractivity contribution in [3.63, 3.8) is 0 Å². The number of carbonyl (C=O) groups is 1. The lowest BCUT2D eigenvalue weighted by Gasteiger charge is -2.13. The van der Waals surface area contributed by atoms with Gasteiger partial charge in [-0.15, -0.1) is 0 Å². The third kappa shape index (κ3) is 2.59. The van der Waals surface area contributed by atoms with Gasteiger partial charge >= 0.3 is 5.97 Å². The molecule has 1 aromatic rings. The van der Waals surface area contributed by atoms with Crippen molar-refractivity contribution < 1.29 is 14.1 Å². The normalized spacial score (nSPS) is 11.5. The molecule has 84 valence electrons. The molecule has 0 N–H and O–H groups in total. The molecule has 0 atom stereocenters. The first-order valence-corrected chi connectivity index (χ1v) is 5.50. The fourth-order valence-electron chi connectivity index (χ4n) is 1.07. The quantitative estimate of drug-likeness (QED) is 0.779. The predicted molar refractivity (Wildman–Crippen MR) is 58.9 cm³/mol. The Balaban J connectivity index is 3.04. The molecule has 0 saturated carbocycles. The minimum Gasteiger partial charge on any atom is -0.461 e. The molecular weight excluding hydrogens is 262 g/mol. The summed E-state index contributed by atoms with van der Waals surface area (Å²) >= 11 is 3.30. The lowest BCUT2D eigenvalue weighted by atomic mass is 9.93. The molecular formula is C10H14BrNO3. The Kier molecular flexibility index (Phi) is 3.54.